The first-order valence-electron chi connectivity index (χ1n) is 8.57. The number of hydrogen-bond acceptors (Lipinski definition) is 4. The first-order chi connectivity index (χ1) is 12.8. The van der Waals surface area contributed by atoms with Gasteiger partial charge in [-0.3, -0.25) is 14.4 Å². The van der Waals surface area contributed by atoms with Crippen molar-refractivity contribution in [2.45, 2.75) is 24.0 Å². The van der Waals surface area contributed by atoms with Gasteiger partial charge in [0.1, 0.15) is 0 Å². The average Bonchev–Trinajstić information content (AvgIpc) is 2.63. The molecule has 1 atom stereocenters. The van der Waals surface area contributed by atoms with E-state index in [1.807, 2.05) is 44.2 Å². The summed E-state index contributed by atoms with van der Waals surface area (Å²) < 4.78 is 0. The van der Waals surface area contributed by atoms with Gasteiger partial charge in [-0.1, -0.05) is 17.7 Å². The van der Waals surface area contributed by atoms with E-state index in [0.717, 1.165) is 10.5 Å². The van der Waals surface area contributed by atoms with E-state index in [-0.39, 0.29) is 29.5 Å². The number of benzene rings is 2. The van der Waals surface area contributed by atoms with Crippen LogP contribution in [0.5, 0.6) is 0 Å². The van der Waals surface area contributed by atoms with E-state index >= 15 is 0 Å². The minimum absolute atomic E-state index is 0.0675. The van der Waals surface area contributed by atoms with Gasteiger partial charge in [0, 0.05) is 23.2 Å². The molecule has 0 spiro atoms. The second-order valence-electron chi connectivity index (χ2n) is 6.54. The number of carbonyl (C=O) groups is 3. The molecule has 1 unspecified atom stereocenters. The number of hydrogen-bond donors (Lipinski definition) is 2. The molecule has 27 heavy (non-hydrogen) atoms. The molecule has 140 valence electrons. The predicted molar refractivity (Wildman–Crippen MR) is 107 cm³/mol. The largest absolute Gasteiger partial charge is 0.332 e. The van der Waals surface area contributed by atoms with E-state index in [1.165, 1.54) is 16.7 Å². The molecule has 2 aromatic rings. The standard InChI is InChI=1S/C20H21N3O3S/c1-12-4-7-15(8-5-12)21-18(24)11-23(3)20(26)14-6-9-17-16(10-14)22-19(25)13(2)27-17/h4-10,13H,11H2,1-3H3,(H,21,24)(H,22,25). The van der Waals surface area contributed by atoms with Crippen molar-refractivity contribution in [1.82, 2.24) is 4.90 Å². The van der Waals surface area contributed by atoms with Crippen LogP contribution in [0.25, 0.3) is 0 Å². The van der Waals surface area contributed by atoms with Gasteiger partial charge in [0.25, 0.3) is 5.91 Å². The summed E-state index contributed by atoms with van der Waals surface area (Å²) in [6, 6.07) is 12.6. The van der Waals surface area contributed by atoms with E-state index in [2.05, 4.69) is 10.6 Å². The first-order valence-corrected chi connectivity index (χ1v) is 9.45. The molecule has 0 aliphatic carbocycles. The van der Waals surface area contributed by atoms with E-state index in [1.54, 1.807) is 19.2 Å². The number of likely N-dealkylation sites (N-methyl/N-ethyl adjacent to an activating group) is 1. The predicted octanol–water partition coefficient (Wildman–Crippen LogP) is 3.14. The summed E-state index contributed by atoms with van der Waals surface area (Å²) in [5.41, 5.74) is 2.85. The van der Waals surface area contributed by atoms with Gasteiger partial charge in [0.15, 0.2) is 0 Å². The van der Waals surface area contributed by atoms with Crippen molar-refractivity contribution in [2.75, 3.05) is 24.2 Å². The Bertz CT molecular complexity index is 896. The summed E-state index contributed by atoms with van der Waals surface area (Å²) in [4.78, 5) is 38.9. The van der Waals surface area contributed by atoms with E-state index in [0.29, 0.717) is 16.9 Å². The van der Waals surface area contributed by atoms with Gasteiger partial charge in [-0.05, 0) is 44.2 Å². The maximum absolute atomic E-state index is 12.6. The van der Waals surface area contributed by atoms with Gasteiger partial charge in [-0.2, -0.15) is 0 Å². The Morgan fingerprint density at radius 3 is 2.59 bits per heavy atom. The van der Waals surface area contributed by atoms with Crippen LogP contribution in [0, 0.1) is 6.92 Å². The SMILES string of the molecule is Cc1ccc(NC(=O)CN(C)C(=O)c2ccc3c(c2)NC(=O)C(C)S3)cc1. The Morgan fingerprint density at radius 1 is 1.19 bits per heavy atom. The summed E-state index contributed by atoms with van der Waals surface area (Å²) in [6.07, 6.45) is 0. The van der Waals surface area contributed by atoms with Crippen molar-refractivity contribution in [1.29, 1.82) is 0 Å². The highest BCUT2D eigenvalue weighted by atomic mass is 32.2. The third-order valence-corrected chi connectivity index (χ3v) is 5.40. The fourth-order valence-electron chi connectivity index (χ4n) is 2.69. The van der Waals surface area contributed by atoms with Crippen LogP contribution >= 0.6 is 11.8 Å². The van der Waals surface area contributed by atoms with Gasteiger partial charge < -0.3 is 15.5 Å². The molecule has 0 fully saturated rings. The summed E-state index contributed by atoms with van der Waals surface area (Å²) in [5.74, 6) is -0.636. The number of nitrogens with one attached hydrogen (secondary N) is 2. The molecule has 6 nitrogen and oxygen atoms in total. The zero-order valence-electron chi connectivity index (χ0n) is 15.4. The smallest absolute Gasteiger partial charge is 0.254 e. The van der Waals surface area contributed by atoms with Crippen LogP contribution in [0.15, 0.2) is 47.4 Å². The third-order valence-electron chi connectivity index (χ3n) is 4.22. The highest BCUT2D eigenvalue weighted by Crippen LogP contribution is 2.36. The van der Waals surface area contributed by atoms with Crippen LogP contribution < -0.4 is 10.6 Å². The fraction of sp³-hybridized carbons (Fsp3) is 0.250. The lowest BCUT2D eigenvalue weighted by atomic mass is 10.1. The Labute approximate surface area is 162 Å². The molecular weight excluding hydrogens is 362 g/mol. The molecule has 1 aliphatic heterocycles. The number of thioether (sulfide) groups is 1. The van der Waals surface area contributed by atoms with Gasteiger partial charge in [-0.15, -0.1) is 11.8 Å². The van der Waals surface area contributed by atoms with Crippen LogP contribution in [0.3, 0.4) is 0 Å². The minimum Gasteiger partial charge on any atom is -0.332 e. The van der Waals surface area contributed by atoms with Crippen LogP contribution in [0.2, 0.25) is 0 Å². The number of anilines is 2. The highest BCUT2D eigenvalue weighted by Gasteiger charge is 2.24. The Hall–Kier alpha value is -2.80. The molecule has 1 heterocycles. The van der Waals surface area contributed by atoms with Gasteiger partial charge >= 0.3 is 0 Å². The normalized spacial score (nSPS) is 15.5. The number of carbonyl (C=O) groups excluding carboxylic acids is 3. The number of fused-ring (bicyclic) bond motifs is 1. The second kappa shape index (κ2) is 7.84. The van der Waals surface area contributed by atoms with E-state index in [4.69, 9.17) is 0 Å². The van der Waals surface area contributed by atoms with Crippen molar-refractivity contribution in [3.05, 3.63) is 53.6 Å². The Kier molecular flexibility index (Phi) is 5.51. The number of amides is 3. The van der Waals surface area contributed by atoms with E-state index < -0.39 is 0 Å². The van der Waals surface area contributed by atoms with Gasteiger partial charge in [-0.25, -0.2) is 0 Å². The average molecular weight is 383 g/mol. The molecule has 3 rings (SSSR count). The second-order valence-corrected chi connectivity index (χ2v) is 7.92. The first kappa shape index (κ1) is 19.0. The fourth-order valence-corrected chi connectivity index (χ4v) is 3.62. The zero-order valence-corrected chi connectivity index (χ0v) is 16.2. The molecule has 0 saturated heterocycles. The van der Waals surface area contributed by atoms with Crippen molar-refractivity contribution >= 4 is 40.9 Å². The Balaban J connectivity index is 1.65. The van der Waals surface area contributed by atoms with E-state index in [9.17, 15) is 14.4 Å². The molecule has 0 saturated carbocycles. The topological polar surface area (TPSA) is 78.5 Å². The molecule has 2 aromatic carbocycles. The molecule has 0 aromatic heterocycles. The van der Waals surface area contributed by atoms with Gasteiger partial charge in [0.2, 0.25) is 11.8 Å². The summed E-state index contributed by atoms with van der Waals surface area (Å²) in [5, 5.41) is 5.43. The third kappa shape index (κ3) is 4.49. The molecule has 0 radical (unpaired) electrons. The van der Waals surface area contributed by atoms with Crippen LogP contribution in [0.4, 0.5) is 11.4 Å². The van der Waals surface area contributed by atoms with Crippen molar-refractivity contribution < 1.29 is 14.4 Å². The maximum Gasteiger partial charge on any atom is 0.254 e. The minimum atomic E-state index is -0.283. The van der Waals surface area contributed by atoms with Crippen molar-refractivity contribution in [3.63, 3.8) is 0 Å². The van der Waals surface area contributed by atoms with Crippen molar-refractivity contribution in [3.8, 4) is 0 Å². The number of aryl methyl sites for hydroxylation is 1. The summed E-state index contributed by atoms with van der Waals surface area (Å²) in [6.45, 7) is 3.74. The number of rotatable bonds is 4. The lowest BCUT2D eigenvalue weighted by molar-refractivity contribution is -0.117. The summed E-state index contributed by atoms with van der Waals surface area (Å²) in [7, 11) is 1.58. The van der Waals surface area contributed by atoms with Gasteiger partial charge in [0.05, 0.1) is 17.5 Å². The monoisotopic (exact) mass is 383 g/mol. The summed E-state index contributed by atoms with van der Waals surface area (Å²) >= 11 is 1.46. The van der Waals surface area contributed by atoms with Crippen LogP contribution in [-0.2, 0) is 9.59 Å². The molecule has 7 heteroatoms. The lowest BCUT2D eigenvalue weighted by Crippen LogP contribution is -2.35. The quantitative estimate of drug-likeness (QED) is 0.850. The van der Waals surface area contributed by atoms with Crippen molar-refractivity contribution in [2.24, 2.45) is 0 Å². The zero-order chi connectivity index (χ0) is 19.6. The van der Waals surface area contributed by atoms with Crippen LogP contribution in [-0.4, -0.2) is 41.5 Å². The lowest BCUT2D eigenvalue weighted by Gasteiger charge is -2.23. The molecule has 2 N–H and O–H groups in total. The molecule has 0 bridgehead atoms. The molecular formula is C20H21N3O3S. The Morgan fingerprint density at radius 2 is 1.89 bits per heavy atom. The van der Waals surface area contributed by atoms with Crippen LogP contribution in [0.1, 0.15) is 22.8 Å². The maximum atomic E-state index is 12.6. The highest BCUT2D eigenvalue weighted by molar-refractivity contribution is 8.00. The molecule has 1 aliphatic rings. The number of nitrogens with zero attached hydrogens (tertiary/aromatic N) is 1. The molecule has 3 amide bonds.